The average Bonchev–Trinajstić information content (AvgIpc) is 2.42. The molecule has 1 amide bonds. The van der Waals surface area contributed by atoms with Crippen LogP contribution in [-0.4, -0.2) is 22.8 Å². The molecule has 20 heavy (non-hydrogen) atoms. The molecule has 1 aromatic carbocycles. The van der Waals surface area contributed by atoms with Gasteiger partial charge in [-0.3, -0.25) is 4.79 Å². The molecule has 3 nitrogen and oxygen atoms in total. The minimum Gasteiger partial charge on any atom is -0.337 e. The van der Waals surface area contributed by atoms with Crippen molar-refractivity contribution in [3.8, 4) is 0 Å². The van der Waals surface area contributed by atoms with Gasteiger partial charge in [-0.25, -0.2) is 4.98 Å². The van der Waals surface area contributed by atoms with Crippen molar-refractivity contribution < 1.29 is 9.18 Å². The van der Waals surface area contributed by atoms with E-state index < -0.39 is 11.9 Å². The summed E-state index contributed by atoms with van der Waals surface area (Å²) in [6.07, 6.45) is 1.30. The summed E-state index contributed by atoms with van der Waals surface area (Å²) in [5.41, 5.74) is 0.745. The first-order valence-corrected chi connectivity index (χ1v) is 6.54. The molecule has 0 radical (unpaired) electrons. The smallest absolute Gasteiger partial charge is 0.258 e. The molecule has 0 aliphatic heterocycles. The Labute approximate surface area is 125 Å². The number of pyridine rings is 1. The highest BCUT2D eigenvalue weighted by Gasteiger charge is 2.17. The third-order valence-corrected chi connectivity index (χ3v) is 3.48. The predicted octanol–water partition coefficient (Wildman–Crippen LogP) is 3.80. The van der Waals surface area contributed by atoms with E-state index in [2.05, 4.69) is 4.98 Å². The van der Waals surface area contributed by atoms with Crippen molar-refractivity contribution in [2.75, 3.05) is 7.05 Å². The van der Waals surface area contributed by atoms with Gasteiger partial charge >= 0.3 is 0 Å². The molecule has 1 heterocycles. The number of halogens is 3. The largest absolute Gasteiger partial charge is 0.337 e. The van der Waals surface area contributed by atoms with E-state index in [0.29, 0.717) is 16.6 Å². The fourth-order valence-corrected chi connectivity index (χ4v) is 2.06. The Morgan fingerprint density at radius 3 is 2.70 bits per heavy atom. The molecule has 0 unspecified atom stereocenters. The summed E-state index contributed by atoms with van der Waals surface area (Å²) in [7, 11) is 1.58. The van der Waals surface area contributed by atoms with Crippen LogP contribution in [-0.2, 0) is 6.54 Å². The fraction of sp³-hybridized carbons (Fsp3) is 0.143. The van der Waals surface area contributed by atoms with Gasteiger partial charge in [0.2, 0.25) is 5.95 Å². The molecule has 0 aliphatic rings. The van der Waals surface area contributed by atoms with Gasteiger partial charge in [-0.1, -0.05) is 29.3 Å². The first kappa shape index (κ1) is 14.8. The number of rotatable bonds is 3. The predicted molar refractivity (Wildman–Crippen MR) is 76.5 cm³/mol. The number of carbonyl (C=O) groups excluding carboxylic acids is 1. The molecule has 1 aromatic heterocycles. The second kappa shape index (κ2) is 6.20. The van der Waals surface area contributed by atoms with Crippen LogP contribution < -0.4 is 0 Å². The quantitative estimate of drug-likeness (QED) is 0.808. The lowest BCUT2D eigenvalue weighted by Gasteiger charge is -2.17. The number of hydrogen-bond donors (Lipinski definition) is 0. The Bertz CT molecular complexity index is 649. The normalized spacial score (nSPS) is 10.4. The average molecular weight is 313 g/mol. The lowest BCUT2D eigenvalue weighted by atomic mass is 10.2. The lowest BCUT2D eigenvalue weighted by molar-refractivity contribution is 0.0779. The Hall–Kier alpha value is -1.65. The maximum atomic E-state index is 13.5. The molecule has 0 N–H and O–H groups in total. The minimum atomic E-state index is -0.779. The summed E-state index contributed by atoms with van der Waals surface area (Å²) in [4.78, 5) is 17.0. The van der Waals surface area contributed by atoms with Crippen LogP contribution >= 0.6 is 23.2 Å². The molecule has 0 saturated carbocycles. The zero-order chi connectivity index (χ0) is 14.7. The van der Waals surface area contributed by atoms with Gasteiger partial charge in [0.1, 0.15) is 0 Å². The molecular weight excluding hydrogens is 302 g/mol. The summed E-state index contributed by atoms with van der Waals surface area (Å²) >= 11 is 11.7. The molecule has 0 bridgehead atoms. The molecule has 2 rings (SSSR count). The van der Waals surface area contributed by atoms with Crippen LogP contribution in [0.2, 0.25) is 10.0 Å². The van der Waals surface area contributed by atoms with Crippen LogP contribution in [0.1, 0.15) is 15.9 Å². The molecular formula is C14H11Cl2FN2O. The topological polar surface area (TPSA) is 33.2 Å². The van der Waals surface area contributed by atoms with Crippen molar-refractivity contribution in [2.24, 2.45) is 0 Å². The van der Waals surface area contributed by atoms with Crippen LogP contribution in [0.3, 0.4) is 0 Å². The highest BCUT2D eigenvalue weighted by Crippen LogP contribution is 2.23. The highest BCUT2D eigenvalue weighted by molar-refractivity contribution is 6.42. The molecule has 0 atom stereocenters. The van der Waals surface area contributed by atoms with Crippen molar-refractivity contribution in [3.63, 3.8) is 0 Å². The summed E-state index contributed by atoms with van der Waals surface area (Å²) in [5.74, 6) is -1.22. The van der Waals surface area contributed by atoms with Gasteiger partial charge in [-0.05, 0) is 29.8 Å². The number of hydrogen-bond acceptors (Lipinski definition) is 2. The number of carbonyl (C=O) groups is 1. The summed E-state index contributed by atoms with van der Waals surface area (Å²) < 4.78 is 13.5. The maximum absolute atomic E-state index is 13.5. The molecule has 0 aliphatic carbocycles. The molecule has 0 fully saturated rings. The van der Waals surface area contributed by atoms with Crippen molar-refractivity contribution >= 4 is 29.1 Å². The Morgan fingerprint density at radius 1 is 1.30 bits per heavy atom. The standard InChI is InChI=1S/C14H11Cl2FN2O/c1-19(8-9-4-5-11(15)12(16)7-9)14(20)10-3-2-6-18-13(10)17/h2-7H,8H2,1H3. The van der Waals surface area contributed by atoms with E-state index in [4.69, 9.17) is 23.2 Å². The third-order valence-electron chi connectivity index (χ3n) is 2.74. The van der Waals surface area contributed by atoms with Crippen molar-refractivity contribution in [1.82, 2.24) is 9.88 Å². The van der Waals surface area contributed by atoms with Crippen LogP contribution in [0.4, 0.5) is 4.39 Å². The van der Waals surface area contributed by atoms with Crippen LogP contribution in [0.25, 0.3) is 0 Å². The second-order valence-electron chi connectivity index (χ2n) is 4.25. The van der Waals surface area contributed by atoms with Crippen LogP contribution in [0.5, 0.6) is 0 Å². The molecule has 2 aromatic rings. The van der Waals surface area contributed by atoms with E-state index in [1.165, 1.54) is 23.2 Å². The van der Waals surface area contributed by atoms with Gasteiger partial charge in [0.25, 0.3) is 5.91 Å². The third kappa shape index (κ3) is 3.26. The number of nitrogens with zero attached hydrogens (tertiary/aromatic N) is 2. The first-order valence-electron chi connectivity index (χ1n) is 5.79. The fourth-order valence-electron chi connectivity index (χ4n) is 1.73. The molecule has 0 saturated heterocycles. The van der Waals surface area contributed by atoms with Crippen LogP contribution in [0, 0.1) is 5.95 Å². The van der Waals surface area contributed by atoms with E-state index >= 15 is 0 Å². The van der Waals surface area contributed by atoms with Crippen molar-refractivity contribution in [2.45, 2.75) is 6.54 Å². The van der Waals surface area contributed by atoms with Gasteiger partial charge in [-0.2, -0.15) is 4.39 Å². The van der Waals surface area contributed by atoms with Gasteiger partial charge in [0.15, 0.2) is 0 Å². The Morgan fingerprint density at radius 2 is 2.05 bits per heavy atom. The molecule has 104 valence electrons. The summed E-state index contributed by atoms with van der Waals surface area (Å²) in [5, 5.41) is 0.861. The zero-order valence-corrected chi connectivity index (χ0v) is 12.1. The minimum absolute atomic E-state index is 0.0601. The second-order valence-corrected chi connectivity index (χ2v) is 5.07. The number of aromatic nitrogens is 1. The Balaban J connectivity index is 2.15. The van der Waals surface area contributed by atoms with E-state index in [1.807, 2.05) is 0 Å². The highest BCUT2D eigenvalue weighted by atomic mass is 35.5. The van der Waals surface area contributed by atoms with Crippen molar-refractivity contribution in [3.05, 3.63) is 63.6 Å². The van der Waals surface area contributed by atoms with Gasteiger partial charge < -0.3 is 4.90 Å². The number of amides is 1. The summed E-state index contributed by atoms with van der Waals surface area (Å²) in [6.45, 7) is 0.296. The van der Waals surface area contributed by atoms with Crippen LogP contribution in [0.15, 0.2) is 36.5 Å². The van der Waals surface area contributed by atoms with Gasteiger partial charge in [0.05, 0.1) is 15.6 Å². The summed E-state index contributed by atoms with van der Waals surface area (Å²) in [6, 6.07) is 8.01. The van der Waals surface area contributed by atoms with E-state index in [0.717, 1.165) is 5.56 Å². The number of benzene rings is 1. The Kier molecular flexibility index (Phi) is 4.57. The lowest BCUT2D eigenvalue weighted by Crippen LogP contribution is -2.27. The van der Waals surface area contributed by atoms with Crippen molar-refractivity contribution in [1.29, 1.82) is 0 Å². The monoisotopic (exact) mass is 312 g/mol. The SMILES string of the molecule is CN(Cc1ccc(Cl)c(Cl)c1)C(=O)c1cccnc1F. The van der Waals surface area contributed by atoms with E-state index in [1.54, 1.807) is 25.2 Å². The first-order chi connectivity index (χ1) is 9.49. The molecule has 0 spiro atoms. The zero-order valence-electron chi connectivity index (χ0n) is 10.6. The van der Waals surface area contributed by atoms with E-state index in [9.17, 15) is 9.18 Å². The maximum Gasteiger partial charge on any atom is 0.258 e. The van der Waals surface area contributed by atoms with Gasteiger partial charge in [0, 0.05) is 19.8 Å². The molecule has 6 heteroatoms. The van der Waals surface area contributed by atoms with Gasteiger partial charge in [-0.15, -0.1) is 0 Å². The van der Waals surface area contributed by atoms with E-state index in [-0.39, 0.29) is 5.56 Å².